The minimum atomic E-state index is -0.725. The molecule has 0 radical (unpaired) electrons. The van der Waals surface area contributed by atoms with Crippen molar-refractivity contribution in [3.8, 4) is 11.5 Å². The number of hydrogen-bond donors (Lipinski definition) is 2. The highest BCUT2D eigenvalue weighted by atomic mass is 79.9. The van der Waals surface area contributed by atoms with E-state index >= 15 is 0 Å². The van der Waals surface area contributed by atoms with Crippen LogP contribution in [0.5, 0.6) is 11.5 Å². The van der Waals surface area contributed by atoms with Crippen LogP contribution < -0.4 is 20.6 Å². The van der Waals surface area contributed by atoms with Gasteiger partial charge in [-0.2, -0.15) is 5.10 Å². The number of nitrogens with one attached hydrogen (secondary N) is 1. The highest BCUT2D eigenvalue weighted by molar-refractivity contribution is 9.10. The van der Waals surface area contributed by atoms with Gasteiger partial charge in [0.15, 0.2) is 0 Å². The van der Waals surface area contributed by atoms with E-state index in [-0.39, 0.29) is 0 Å². The SMILES string of the molecule is CCc1cc(C)cc(OCCOc2ccc(Br)cc2C=NNC(N)=O)c1. The molecule has 0 aliphatic rings. The molecule has 7 heteroatoms. The van der Waals surface area contributed by atoms with Gasteiger partial charge in [0.1, 0.15) is 24.7 Å². The Morgan fingerprint density at radius 1 is 1.23 bits per heavy atom. The van der Waals surface area contributed by atoms with Gasteiger partial charge in [-0.25, -0.2) is 10.2 Å². The van der Waals surface area contributed by atoms with Crippen molar-refractivity contribution >= 4 is 28.2 Å². The fourth-order valence-electron chi connectivity index (χ4n) is 2.34. The number of primary amides is 1. The molecule has 0 unspecified atom stereocenters. The van der Waals surface area contributed by atoms with Crippen LogP contribution in [0.1, 0.15) is 23.6 Å². The van der Waals surface area contributed by atoms with Crippen molar-refractivity contribution in [2.75, 3.05) is 13.2 Å². The molecule has 26 heavy (non-hydrogen) atoms. The van der Waals surface area contributed by atoms with Crippen LogP contribution in [-0.2, 0) is 6.42 Å². The lowest BCUT2D eigenvalue weighted by Crippen LogP contribution is -2.24. The molecule has 2 rings (SSSR count). The Bertz CT molecular complexity index is 794. The van der Waals surface area contributed by atoms with Gasteiger partial charge in [-0.15, -0.1) is 0 Å². The minimum absolute atomic E-state index is 0.376. The van der Waals surface area contributed by atoms with E-state index in [2.05, 4.69) is 46.4 Å². The summed E-state index contributed by atoms with van der Waals surface area (Å²) in [6.07, 6.45) is 2.44. The van der Waals surface area contributed by atoms with E-state index in [1.54, 1.807) is 0 Å². The molecule has 0 aliphatic carbocycles. The number of nitrogens with two attached hydrogens (primary N) is 1. The molecule has 2 aromatic rings. The average Bonchev–Trinajstić information content (AvgIpc) is 2.59. The summed E-state index contributed by atoms with van der Waals surface area (Å²) in [5.74, 6) is 1.47. The van der Waals surface area contributed by atoms with Crippen molar-refractivity contribution < 1.29 is 14.3 Å². The molecule has 0 fully saturated rings. The Morgan fingerprint density at radius 3 is 2.73 bits per heavy atom. The molecule has 0 aromatic heterocycles. The normalized spacial score (nSPS) is 10.7. The summed E-state index contributed by atoms with van der Waals surface area (Å²) in [7, 11) is 0. The van der Waals surface area contributed by atoms with E-state index in [0.717, 1.165) is 16.6 Å². The Hall–Kier alpha value is -2.54. The summed E-state index contributed by atoms with van der Waals surface area (Å²) in [4.78, 5) is 10.7. The third-order valence-corrected chi connectivity index (χ3v) is 3.97. The number of hydrazone groups is 1. The Labute approximate surface area is 161 Å². The molecule has 0 aliphatic heterocycles. The lowest BCUT2D eigenvalue weighted by atomic mass is 10.1. The molecule has 0 saturated carbocycles. The maximum atomic E-state index is 10.7. The molecular weight excluding hydrogens is 398 g/mol. The number of halogens is 1. The highest BCUT2D eigenvalue weighted by Gasteiger charge is 2.04. The first kappa shape index (κ1) is 19.8. The van der Waals surface area contributed by atoms with Crippen molar-refractivity contribution in [3.63, 3.8) is 0 Å². The van der Waals surface area contributed by atoms with Crippen LogP contribution in [-0.4, -0.2) is 25.5 Å². The van der Waals surface area contributed by atoms with Crippen molar-refractivity contribution in [3.05, 3.63) is 57.6 Å². The number of carbonyl (C=O) groups excluding carboxylic acids is 1. The van der Waals surface area contributed by atoms with Gasteiger partial charge in [-0.3, -0.25) is 0 Å². The summed E-state index contributed by atoms with van der Waals surface area (Å²) in [6.45, 7) is 4.96. The number of amides is 2. The second kappa shape index (κ2) is 9.82. The van der Waals surface area contributed by atoms with Crippen molar-refractivity contribution in [1.82, 2.24) is 5.43 Å². The predicted octanol–water partition coefficient (Wildman–Crippen LogP) is 3.78. The number of urea groups is 1. The summed E-state index contributed by atoms with van der Waals surface area (Å²) < 4.78 is 12.4. The maximum absolute atomic E-state index is 10.7. The molecule has 138 valence electrons. The molecular formula is C19H22BrN3O3. The second-order valence-corrected chi connectivity index (χ2v) is 6.54. The second-order valence-electron chi connectivity index (χ2n) is 5.62. The Morgan fingerprint density at radius 2 is 2.00 bits per heavy atom. The van der Waals surface area contributed by atoms with Crippen LogP contribution in [0.25, 0.3) is 0 Å². The Kier molecular flexibility index (Phi) is 7.47. The molecule has 2 amide bonds. The van der Waals surface area contributed by atoms with Crippen LogP contribution in [0.15, 0.2) is 46.0 Å². The van der Waals surface area contributed by atoms with Crippen LogP contribution in [0, 0.1) is 6.92 Å². The lowest BCUT2D eigenvalue weighted by molar-refractivity contribution is 0.217. The molecule has 6 nitrogen and oxygen atoms in total. The van der Waals surface area contributed by atoms with Crippen molar-refractivity contribution in [2.45, 2.75) is 20.3 Å². The zero-order valence-corrected chi connectivity index (χ0v) is 16.4. The van der Waals surface area contributed by atoms with Gasteiger partial charge in [0.25, 0.3) is 0 Å². The lowest BCUT2D eigenvalue weighted by Gasteiger charge is -2.12. The summed E-state index contributed by atoms with van der Waals surface area (Å²) in [5.41, 5.74) is 10.3. The molecule has 2 aromatic carbocycles. The molecule has 0 bridgehead atoms. The summed E-state index contributed by atoms with van der Waals surface area (Å²) >= 11 is 3.40. The first-order chi connectivity index (χ1) is 12.5. The van der Waals surface area contributed by atoms with E-state index in [9.17, 15) is 4.79 Å². The number of hydrogen-bond acceptors (Lipinski definition) is 4. The smallest absolute Gasteiger partial charge is 0.332 e. The number of carbonyl (C=O) groups is 1. The van der Waals surface area contributed by atoms with Gasteiger partial charge < -0.3 is 15.2 Å². The van der Waals surface area contributed by atoms with E-state index in [4.69, 9.17) is 15.2 Å². The van der Waals surface area contributed by atoms with E-state index in [1.165, 1.54) is 17.3 Å². The van der Waals surface area contributed by atoms with Gasteiger partial charge >= 0.3 is 6.03 Å². The monoisotopic (exact) mass is 419 g/mol. The fraction of sp³-hybridized carbons (Fsp3) is 0.263. The summed E-state index contributed by atoms with van der Waals surface area (Å²) in [5, 5.41) is 3.77. The number of ether oxygens (including phenoxy) is 2. The van der Waals surface area contributed by atoms with E-state index in [0.29, 0.717) is 24.5 Å². The predicted molar refractivity (Wildman–Crippen MR) is 106 cm³/mol. The quantitative estimate of drug-likeness (QED) is 0.387. The molecule has 0 spiro atoms. The third-order valence-electron chi connectivity index (χ3n) is 3.48. The average molecular weight is 420 g/mol. The summed E-state index contributed by atoms with van der Waals surface area (Å²) in [6, 6.07) is 11.0. The van der Waals surface area contributed by atoms with Crippen LogP contribution in [0.2, 0.25) is 0 Å². The third kappa shape index (κ3) is 6.40. The van der Waals surface area contributed by atoms with Crippen LogP contribution >= 0.6 is 15.9 Å². The van der Waals surface area contributed by atoms with Gasteiger partial charge in [-0.05, 0) is 54.8 Å². The highest BCUT2D eigenvalue weighted by Crippen LogP contribution is 2.22. The molecule has 3 N–H and O–H groups in total. The molecule has 0 atom stereocenters. The minimum Gasteiger partial charge on any atom is -0.490 e. The zero-order chi connectivity index (χ0) is 18.9. The first-order valence-corrected chi connectivity index (χ1v) is 9.01. The first-order valence-electron chi connectivity index (χ1n) is 8.22. The molecule has 0 heterocycles. The van der Waals surface area contributed by atoms with Crippen LogP contribution in [0.3, 0.4) is 0 Å². The van der Waals surface area contributed by atoms with E-state index in [1.807, 2.05) is 30.3 Å². The van der Waals surface area contributed by atoms with Gasteiger partial charge in [-0.1, -0.05) is 28.9 Å². The number of benzene rings is 2. The standard InChI is InChI=1S/C19H22BrN3O3/c1-3-14-8-13(2)9-17(10-14)25-6-7-26-18-5-4-16(20)11-15(18)12-22-23-19(21)24/h4-5,8-12H,3,6-7H2,1-2H3,(H3,21,23,24). The van der Waals surface area contributed by atoms with E-state index < -0.39 is 6.03 Å². The molecule has 0 saturated heterocycles. The van der Waals surface area contributed by atoms with Gasteiger partial charge in [0.2, 0.25) is 0 Å². The fourth-order valence-corrected chi connectivity index (χ4v) is 2.72. The number of rotatable bonds is 8. The van der Waals surface area contributed by atoms with Crippen molar-refractivity contribution in [1.29, 1.82) is 0 Å². The number of aryl methyl sites for hydroxylation is 2. The zero-order valence-electron chi connectivity index (χ0n) is 14.8. The largest absolute Gasteiger partial charge is 0.490 e. The number of nitrogens with zero attached hydrogens (tertiary/aromatic N) is 1. The Balaban J connectivity index is 1.94. The van der Waals surface area contributed by atoms with Crippen molar-refractivity contribution in [2.24, 2.45) is 10.8 Å². The van der Waals surface area contributed by atoms with Gasteiger partial charge in [0, 0.05) is 10.0 Å². The van der Waals surface area contributed by atoms with Crippen LogP contribution in [0.4, 0.5) is 4.79 Å². The maximum Gasteiger partial charge on any atom is 0.332 e. The topological polar surface area (TPSA) is 85.9 Å². The van der Waals surface area contributed by atoms with Gasteiger partial charge in [0.05, 0.1) is 6.21 Å².